The van der Waals surface area contributed by atoms with Gasteiger partial charge in [0.05, 0.1) is 10.7 Å². The summed E-state index contributed by atoms with van der Waals surface area (Å²) < 4.78 is 1.83. The van der Waals surface area contributed by atoms with Crippen molar-refractivity contribution in [1.82, 2.24) is 9.38 Å². The molecule has 0 radical (unpaired) electrons. The van der Waals surface area contributed by atoms with Crippen molar-refractivity contribution >= 4 is 23.1 Å². The molecule has 0 fully saturated rings. The minimum atomic E-state index is 0.653. The second-order valence-corrected chi connectivity index (χ2v) is 5.30. The van der Waals surface area contributed by atoms with Crippen molar-refractivity contribution in [2.75, 3.05) is 5.73 Å². The van der Waals surface area contributed by atoms with E-state index >= 15 is 0 Å². The summed E-state index contributed by atoms with van der Waals surface area (Å²) in [6, 6.07) is 12.3. The summed E-state index contributed by atoms with van der Waals surface area (Å²) in [7, 11) is 0. The van der Waals surface area contributed by atoms with Crippen molar-refractivity contribution in [1.29, 1.82) is 0 Å². The van der Waals surface area contributed by atoms with Crippen LogP contribution in [0, 0.1) is 0 Å². The number of anilines is 1. The fourth-order valence-corrected chi connectivity index (χ4v) is 2.46. The molecule has 0 spiro atoms. The van der Waals surface area contributed by atoms with Gasteiger partial charge in [-0.1, -0.05) is 42.8 Å². The molecule has 0 atom stereocenters. The number of nitrogens with zero attached hydrogens (tertiary/aromatic N) is 2. The fourth-order valence-electron chi connectivity index (χ4n) is 2.30. The molecule has 102 valence electrons. The molecule has 20 heavy (non-hydrogen) atoms. The first-order valence-corrected chi connectivity index (χ1v) is 7.05. The van der Waals surface area contributed by atoms with E-state index in [0.717, 1.165) is 24.2 Å². The Bertz CT molecular complexity index is 744. The first-order chi connectivity index (χ1) is 9.67. The van der Waals surface area contributed by atoms with Crippen molar-refractivity contribution in [3.8, 4) is 0 Å². The normalized spacial score (nSPS) is 11.1. The lowest BCUT2D eigenvalue weighted by atomic mass is 10.1. The number of aromatic nitrogens is 2. The minimum Gasteiger partial charge on any atom is -0.383 e. The van der Waals surface area contributed by atoms with Gasteiger partial charge in [0.1, 0.15) is 11.5 Å². The third-order valence-corrected chi connectivity index (χ3v) is 3.72. The monoisotopic (exact) mass is 285 g/mol. The lowest BCUT2D eigenvalue weighted by molar-refractivity contribution is 1.09. The third-order valence-electron chi connectivity index (χ3n) is 3.50. The standard InChI is InChI=1S/C16H16ClN3/c1-2-11-3-5-12(6-4-11)9-14-16(18)20-10-13(17)7-8-15(20)19-14/h3-8,10H,2,9,18H2,1H3. The summed E-state index contributed by atoms with van der Waals surface area (Å²) in [5, 5.41) is 0.653. The van der Waals surface area contributed by atoms with Crippen molar-refractivity contribution in [3.63, 3.8) is 0 Å². The van der Waals surface area contributed by atoms with Crippen LogP contribution in [-0.4, -0.2) is 9.38 Å². The molecule has 2 heterocycles. The van der Waals surface area contributed by atoms with E-state index in [2.05, 4.69) is 36.2 Å². The molecular formula is C16H16ClN3. The number of aryl methyl sites for hydroxylation is 1. The molecule has 0 saturated heterocycles. The van der Waals surface area contributed by atoms with Crippen LogP contribution in [0.5, 0.6) is 0 Å². The minimum absolute atomic E-state index is 0.653. The number of nitrogen functional groups attached to an aromatic ring is 1. The number of nitrogens with two attached hydrogens (primary N) is 1. The Kier molecular flexibility index (Phi) is 3.36. The molecule has 3 aromatic rings. The number of imidazole rings is 1. The molecule has 0 amide bonds. The Hall–Kier alpha value is -2.00. The lowest BCUT2D eigenvalue weighted by Crippen LogP contribution is -1.97. The first kappa shape index (κ1) is 13.0. The summed E-state index contributed by atoms with van der Waals surface area (Å²) in [5.74, 6) is 0.655. The summed E-state index contributed by atoms with van der Waals surface area (Å²) in [6.07, 6.45) is 3.58. The maximum absolute atomic E-state index is 6.15. The molecule has 0 aliphatic carbocycles. The van der Waals surface area contributed by atoms with Crippen molar-refractivity contribution in [2.45, 2.75) is 19.8 Å². The van der Waals surface area contributed by atoms with E-state index in [1.807, 2.05) is 16.5 Å². The van der Waals surface area contributed by atoms with E-state index < -0.39 is 0 Å². The zero-order valence-electron chi connectivity index (χ0n) is 11.3. The molecule has 0 bridgehead atoms. The van der Waals surface area contributed by atoms with Crippen molar-refractivity contribution in [2.24, 2.45) is 0 Å². The van der Waals surface area contributed by atoms with Gasteiger partial charge >= 0.3 is 0 Å². The third kappa shape index (κ3) is 2.37. The number of benzene rings is 1. The van der Waals surface area contributed by atoms with Gasteiger partial charge in [0, 0.05) is 12.6 Å². The predicted molar refractivity (Wildman–Crippen MR) is 83.2 cm³/mol. The number of fused-ring (bicyclic) bond motifs is 1. The highest BCUT2D eigenvalue weighted by molar-refractivity contribution is 6.30. The number of halogens is 1. The van der Waals surface area contributed by atoms with Gasteiger partial charge < -0.3 is 5.73 Å². The molecule has 0 aliphatic rings. The van der Waals surface area contributed by atoms with Crippen molar-refractivity contribution < 1.29 is 0 Å². The first-order valence-electron chi connectivity index (χ1n) is 6.67. The number of hydrogen-bond donors (Lipinski definition) is 1. The summed E-state index contributed by atoms with van der Waals surface area (Å²) in [5.41, 5.74) is 10.4. The fraction of sp³-hybridized carbons (Fsp3) is 0.188. The Morgan fingerprint density at radius 3 is 2.50 bits per heavy atom. The number of rotatable bonds is 3. The van der Waals surface area contributed by atoms with Crippen LogP contribution >= 0.6 is 11.6 Å². The second kappa shape index (κ2) is 5.17. The van der Waals surface area contributed by atoms with Gasteiger partial charge in [-0.05, 0) is 29.7 Å². The summed E-state index contributed by atoms with van der Waals surface area (Å²) in [6.45, 7) is 2.15. The zero-order chi connectivity index (χ0) is 14.1. The number of hydrogen-bond acceptors (Lipinski definition) is 2. The van der Waals surface area contributed by atoms with Gasteiger partial charge in [-0.15, -0.1) is 0 Å². The number of pyridine rings is 1. The van der Waals surface area contributed by atoms with Gasteiger partial charge in [-0.2, -0.15) is 0 Å². The van der Waals surface area contributed by atoms with E-state index in [1.165, 1.54) is 11.1 Å². The second-order valence-electron chi connectivity index (χ2n) is 4.87. The van der Waals surface area contributed by atoms with Crippen LogP contribution in [0.3, 0.4) is 0 Å². The Morgan fingerprint density at radius 1 is 1.10 bits per heavy atom. The molecular weight excluding hydrogens is 270 g/mol. The van der Waals surface area contributed by atoms with Crippen LogP contribution in [0.25, 0.3) is 5.65 Å². The molecule has 1 aromatic carbocycles. The van der Waals surface area contributed by atoms with E-state index in [9.17, 15) is 0 Å². The lowest BCUT2D eigenvalue weighted by Gasteiger charge is -2.02. The molecule has 4 heteroatoms. The van der Waals surface area contributed by atoms with Gasteiger partial charge in [0.15, 0.2) is 0 Å². The highest BCUT2D eigenvalue weighted by Crippen LogP contribution is 2.21. The van der Waals surface area contributed by atoms with Gasteiger partial charge in [0.25, 0.3) is 0 Å². The quantitative estimate of drug-likeness (QED) is 0.797. The van der Waals surface area contributed by atoms with E-state index in [1.54, 1.807) is 6.20 Å². The highest BCUT2D eigenvalue weighted by Gasteiger charge is 2.10. The predicted octanol–water partition coefficient (Wildman–Crippen LogP) is 3.72. The van der Waals surface area contributed by atoms with Crippen LogP contribution in [0.2, 0.25) is 5.02 Å². The Balaban J connectivity index is 1.95. The van der Waals surface area contributed by atoms with E-state index in [-0.39, 0.29) is 0 Å². The maximum Gasteiger partial charge on any atom is 0.138 e. The Morgan fingerprint density at radius 2 is 1.80 bits per heavy atom. The summed E-state index contributed by atoms with van der Waals surface area (Å²) >= 11 is 5.99. The molecule has 0 aliphatic heterocycles. The average Bonchev–Trinajstić information content (AvgIpc) is 2.76. The van der Waals surface area contributed by atoms with Crippen molar-refractivity contribution in [3.05, 3.63) is 64.4 Å². The molecule has 0 saturated carbocycles. The molecule has 3 nitrogen and oxygen atoms in total. The molecule has 2 aromatic heterocycles. The van der Waals surface area contributed by atoms with Crippen LogP contribution in [0.15, 0.2) is 42.6 Å². The average molecular weight is 286 g/mol. The molecule has 3 rings (SSSR count). The zero-order valence-corrected chi connectivity index (χ0v) is 12.1. The van der Waals surface area contributed by atoms with E-state index in [4.69, 9.17) is 17.3 Å². The SMILES string of the molecule is CCc1ccc(Cc2nc3ccc(Cl)cn3c2N)cc1. The smallest absolute Gasteiger partial charge is 0.138 e. The van der Waals surface area contributed by atoms with Crippen LogP contribution in [-0.2, 0) is 12.8 Å². The topological polar surface area (TPSA) is 43.3 Å². The molecule has 0 unspecified atom stereocenters. The largest absolute Gasteiger partial charge is 0.383 e. The van der Waals surface area contributed by atoms with Gasteiger partial charge in [-0.3, -0.25) is 4.40 Å². The van der Waals surface area contributed by atoms with Gasteiger partial charge in [0.2, 0.25) is 0 Å². The highest BCUT2D eigenvalue weighted by atomic mass is 35.5. The Labute approximate surface area is 123 Å². The van der Waals surface area contributed by atoms with Gasteiger partial charge in [-0.25, -0.2) is 4.98 Å². The maximum atomic E-state index is 6.15. The van der Waals surface area contributed by atoms with Crippen LogP contribution in [0.1, 0.15) is 23.7 Å². The summed E-state index contributed by atoms with van der Waals surface area (Å²) in [4.78, 5) is 4.57. The van der Waals surface area contributed by atoms with Crippen LogP contribution in [0.4, 0.5) is 5.82 Å². The van der Waals surface area contributed by atoms with Crippen LogP contribution < -0.4 is 5.73 Å². The molecule has 2 N–H and O–H groups in total. The van der Waals surface area contributed by atoms with E-state index in [0.29, 0.717) is 10.8 Å².